The quantitative estimate of drug-likeness (QED) is 0.941. The van der Waals surface area contributed by atoms with E-state index in [1.807, 2.05) is 0 Å². The van der Waals surface area contributed by atoms with E-state index in [-0.39, 0.29) is 0 Å². The topological polar surface area (TPSA) is 56.7 Å². The second-order valence-electron chi connectivity index (χ2n) is 4.86. The van der Waals surface area contributed by atoms with Crippen LogP contribution in [0.15, 0.2) is 24.5 Å². The molecule has 2 N–H and O–H groups in total. The van der Waals surface area contributed by atoms with Gasteiger partial charge in [0, 0.05) is 24.2 Å². The molecule has 0 radical (unpaired) electrons. The summed E-state index contributed by atoms with van der Waals surface area (Å²) in [6.07, 6.45) is 0.694. The molecule has 4 nitrogen and oxygen atoms in total. The third kappa shape index (κ3) is 2.40. The average Bonchev–Trinajstić information content (AvgIpc) is 3.17. The molecule has 0 spiro atoms. The number of alkyl halides is 3. The highest BCUT2D eigenvalue weighted by Crippen LogP contribution is 2.40. The van der Waals surface area contributed by atoms with E-state index in [1.165, 1.54) is 12.3 Å². The van der Waals surface area contributed by atoms with Gasteiger partial charge in [-0.2, -0.15) is 18.3 Å². The minimum absolute atomic E-state index is 0.375. The van der Waals surface area contributed by atoms with Gasteiger partial charge in [-0.3, -0.25) is 0 Å². The number of nitrogens with two attached hydrogens (primary N) is 1. The average molecular weight is 282 g/mol. The van der Waals surface area contributed by atoms with E-state index in [0.29, 0.717) is 18.2 Å². The second kappa shape index (κ2) is 4.59. The Morgan fingerprint density at radius 3 is 2.55 bits per heavy atom. The molecule has 106 valence electrons. The summed E-state index contributed by atoms with van der Waals surface area (Å²) in [4.78, 5) is 3.43. The van der Waals surface area contributed by atoms with E-state index in [0.717, 1.165) is 30.2 Å². The fourth-order valence-electron chi connectivity index (χ4n) is 2.10. The van der Waals surface area contributed by atoms with Crippen LogP contribution in [0.1, 0.15) is 35.7 Å². The normalized spacial score (nSPS) is 15.6. The molecule has 0 amide bonds. The van der Waals surface area contributed by atoms with Gasteiger partial charge in [0.05, 0.1) is 17.6 Å². The zero-order valence-electron chi connectivity index (χ0n) is 10.6. The molecule has 0 unspecified atom stereocenters. The van der Waals surface area contributed by atoms with Crippen molar-refractivity contribution in [2.75, 3.05) is 0 Å². The predicted octanol–water partition coefficient (Wildman–Crippen LogP) is 2.62. The van der Waals surface area contributed by atoms with Crippen molar-refractivity contribution in [1.82, 2.24) is 14.8 Å². The first kappa shape index (κ1) is 13.1. The molecule has 0 atom stereocenters. The first-order chi connectivity index (χ1) is 9.49. The standard InChI is InChI=1S/C13H13F3N4/c14-13(15,16)11-4-3-10(6-18-11)20-7-9(5-17)12(19-20)8-1-2-8/h3-4,6-8H,1-2,5,17H2. The maximum atomic E-state index is 12.5. The van der Waals surface area contributed by atoms with Crippen LogP contribution < -0.4 is 5.73 Å². The SMILES string of the molecule is NCc1cn(-c2ccc(C(F)(F)F)nc2)nc1C1CC1. The van der Waals surface area contributed by atoms with Crippen LogP contribution in [0.4, 0.5) is 13.2 Å². The highest BCUT2D eigenvalue weighted by atomic mass is 19.4. The van der Waals surface area contributed by atoms with Gasteiger partial charge in [-0.25, -0.2) is 9.67 Å². The third-order valence-electron chi connectivity index (χ3n) is 3.31. The maximum absolute atomic E-state index is 12.5. The van der Waals surface area contributed by atoms with E-state index >= 15 is 0 Å². The Balaban J connectivity index is 1.93. The Kier molecular flexibility index (Phi) is 3.01. The van der Waals surface area contributed by atoms with Gasteiger partial charge < -0.3 is 5.73 Å². The van der Waals surface area contributed by atoms with Crippen molar-refractivity contribution in [2.45, 2.75) is 31.5 Å². The van der Waals surface area contributed by atoms with Crippen LogP contribution >= 0.6 is 0 Å². The van der Waals surface area contributed by atoms with Crippen molar-refractivity contribution in [3.8, 4) is 5.69 Å². The van der Waals surface area contributed by atoms with Crippen LogP contribution in [-0.4, -0.2) is 14.8 Å². The molecule has 0 aliphatic heterocycles. The zero-order chi connectivity index (χ0) is 14.3. The highest BCUT2D eigenvalue weighted by molar-refractivity contribution is 5.34. The van der Waals surface area contributed by atoms with Gasteiger partial charge in [0.2, 0.25) is 0 Å². The van der Waals surface area contributed by atoms with E-state index in [9.17, 15) is 13.2 Å². The fraction of sp³-hybridized carbons (Fsp3) is 0.385. The van der Waals surface area contributed by atoms with Crippen LogP contribution in [0.25, 0.3) is 5.69 Å². The Hall–Kier alpha value is -1.89. The molecular formula is C13H13F3N4. The molecule has 2 heterocycles. The molecule has 1 aliphatic carbocycles. The summed E-state index contributed by atoms with van der Waals surface area (Å²) >= 11 is 0. The molecule has 1 aliphatic rings. The van der Waals surface area contributed by atoms with E-state index < -0.39 is 11.9 Å². The number of hydrogen-bond donors (Lipinski definition) is 1. The van der Waals surface area contributed by atoms with Crippen LogP contribution in [0.3, 0.4) is 0 Å². The Morgan fingerprint density at radius 1 is 1.30 bits per heavy atom. The van der Waals surface area contributed by atoms with Gasteiger partial charge in [0.25, 0.3) is 0 Å². The van der Waals surface area contributed by atoms with Crippen LogP contribution in [0.2, 0.25) is 0 Å². The molecule has 1 fully saturated rings. The molecule has 7 heteroatoms. The number of halogens is 3. The van der Waals surface area contributed by atoms with Gasteiger partial charge >= 0.3 is 6.18 Å². The van der Waals surface area contributed by atoms with Crippen molar-refractivity contribution >= 4 is 0 Å². The third-order valence-corrected chi connectivity index (χ3v) is 3.31. The fourth-order valence-corrected chi connectivity index (χ4v) is 2.10. The number of rotatable bonds is 3. The number of nitrogens with zero attached hydrogens (tertiary/aromatic N) is 3. The largest absolute Gasteiger partial charge is 0.433 e. The van der Waals surface area contributed by atoms with Crippen molar-refractivity contribution in [3.63, 3.8) is 0 Å². The van der Waals surface area contributed by atoms with Gasteiger partial charge in [0.15, 0.2) is 0 Å². The highest BCUT2D eigenvalue weighted by Gasteiger charge is 2.32. The lowest BCUT2D eigenvalue weighted by molar-refractivity contribution is -0.141. The lowest BCUT2D eigenvalue weighted by Gasteiger charge is -2.06. The second-order valence-corrected chi connectivity index (χ2v) is 4.86. The summed E-state index contributed by atoms with van der Waals surface area (Å²) in [5, 5.41) is 4.42. The van der Waals surface area contributed by atoms with E-state index in [4.69, 9.17) is 5.73 Å². The van der Waals surface area contributed by atoms with Crippen molar-refractivity contribution in [3.05, 3.63) is 41.5 Å². The number of aromatic nitrogens is 3. The monoisotopic (exact) mass is 282 g/mol. The first-order valence-corrected chi connectivity index (χ1v) is 6.31. The molecule has 0 saturated heterocycles. The van der Waals surface area contributed by atoms with Crippen molar-refractivity contribution < 1.29 is 13.2 Å². The minimum atomic E-state index is -4.43. The summed E-state index contributed by atoms with van der Waals surface area (Å²) in [6.45, 7) is 0.375. The Bertz CT molecular complexity index is 612. The molecule has 0 bridgehead atoms. The van der Waals surface area contributed by atoms with Crippen LogP contribution in [0.5, 0.6) is 0 Å². The molecule has 1 saturated carbocycles. The van der Waals surface area contributed by atoms with Crippen molar-refractivity contribution in [1.29, 1.82) is 0 Å². The Morgan fingerprint density at radius 2 is 2.05 bits per heavy atom. The first-order valence-electron chi connectivity index (χ1n) is 6.31. The zero-order valence-corrected chi connectivity index (χ0v) is 10.6. The summed E-state index contributed by atoms with van der Waals surface area (Å²) in [5.74, 6) is 0.442. The molecular weight excluding hydrogens is 269 g/mol. The van der Waals surface area contributed by atoms with Crippen LogP contribution in [0, 0.1) is 0 Å². The van der Waals surface area contributed by atoms with Crippen molar-refractivity contribution in [2.24, 2.45) is 5.73 Å². The summed E-state index contributed by atoms with van der Waals surface area (Å²) in [6, 6.07) is 2.32. The van der Waals surface area contributed by atoms with Gasteiger partial charge in [-0.1, -0.05) is 0 Å². The smallest absolute Gasteiger partial charge is 0.326 e. The van der Waals surface area contributed by atoms with Crippen LogP contribution in [-0.2, 0) is 12.7 Å². The Labute approximate surface area is 113 Å². The van der Waals surface area contributed by atoms with Gasteiger partial charge in [0.1, 0.15) is 5.69 Å². The number of pyridine rings is 1. The lowest BCUT2D eigenvalue weighted by Crippen LogP contribution is -2.08. The molecule has 0 aromatic carbocycles. The minimum Gasteiger partial charge on any atom is -0.326 e. The molecule has 2 aromatic heterocycles. The summed E-state index contributed by atoms with van der Waals surface area (Å²) < 4.78 is 38.9. The predicted molar refractivity (Wildman–Crippen MR) is 66.2 cm³/mol. The van der Waals surface area contributed by atoms with E-state index in [2.05, 4.69) is 10.1 Å². The summed E-state index contributed by atoms with van der Waals surface area (Å²) in [5.41, 5.74) is 7.15. The molecule has 2 aromatic rings. The molecule has 3 rings (SSSR count). The summed E-state index contributed by atoms with van der Waals surface area (Å²) in [7, 11) is 0. The lowest BCUT2D eigenvalue weighted by atomic mass is 10.2. The van der Waals surface area contributed by atoms with Gasteiger partial charge in [-0.15, -0.1) is 0 Å². The number of hydrogen-bond acceptors (Lipinski definition) is 3. The maximum Gasteiger partial charge on any atom is 0.433 e. The van der Waals surface area contributed by atoms with E-state index in [1.54, 1.807) is 10.9 Å². The molecule has 20 heavy (non-hydrogen) atoms. The van der Waals surface area contributed by atoms with Gasteiger partial charge in [-0.05, 0) is 25.0 Å².